The summed E-state index contributed by atoms with van der Waals surface area (Å²) in [5.74, 6) is -0.845. The molecular weight excluding hydrogens is 290 g/mol. The van der Waals surface area contributed by atoms with Crippen LogP contribution in [0.2, 0.25) is 0 Å². The molecule has 2 rings (SSSR count). The Bertz CT molecular complexity index is 517. The van der Waals surface area contributed by atoms with E-state index in [1.165, 1.54) is 11.8 Å². The maximum Gasteiger partial charge on any atom is 0.308 e. The average molecular weight is 309 g/mol. The molecule has 0 aromatic heterocycles. The summed E-state index contributed by atoms with van der Waals surface area (Å²) in [4.78, 5) is 25.9. The highest BCUT2D eigenvalue weighted by molar-refractivity contribution is 8.00. The minimum atomic E-state index is -0.828. The number of aliphatic carboxylic acids is 1. The molecule has 1 fully saturated rings. The summed E-state index contributed by atoms with van der Waals surface area (Å²) in [6.07, 6.45) is 1.36. The van der Waals surface area contributed by atoms with E-state index < -0.39 is 11.9 Å². The molecule has 1 aliphatic rings. The van der Waals surface area contributed by atoms with Crippen LogP contribution in [0.25, 0.3) is 0 Å². The molecule has 0 aliphatic carbocycles. The number of likely N-dealkylation sites (tertiary alicyclic amines) is 1. The monoisotopic (exact) mass is 309 g/mol. The summed E-state index contributed by atoms with van der Waals surface area (Å²) in [7, 11) is 0. The van der Waals surface area contributed by atoms with Crippen LogP contribution in [0.15, 0.2) is 29.2 Å². The first-order valence-electron chi connectivity index (χ1n) is 6.91. The highest BCUT2D eigenvalue weighted by Crippen LogP contribution is 2.25. The predicted octanol–water partition coefficient (Wildman–Crippen LogP) is 2.20. The molecule has 5 nitrogen and oxygen atoms in total. The standard InChI is InChI=1S/C15H19NO4S/c1-10-2-3-11(15(19)20)8-16(10)14(18)9-21-13-6-4-12(17)5-7-13/h4-7,10-11,17H,2-3,8-9H2,1H3,(H,19,20). The largest absolute Gasteiger partial charge is 0.508 e. The Hall–Kier alpha value is -1.69. The summed E-state index contributed by atoms with van der Waals surface area (Å²) in [5.41, 5.74) is 0. The van der Waals surface area contributed by atoms with Gasteiger partial charge in [-0.1, -0.05) is 0 Å². The van der Waals surface area contributed by atoms with E-state index in [0.29, 0.717) is 13.0 Å². The highest BCUT2D eigenvalue weighted by Gasteiger charge is 2.32. The van der Waals surface area contributed by atoms with Gasteiger partial charge in [0, 0.05) is 17.5 Å². The fourth-order valence-electron chi connectivity index (χ4n) is 2.43. The number of benzene rings is 1. The molecule has 1 aliphatic heterocycles. The maximum atomic E-state index is 12.3. The van der Waals surface area contributed by atoms with Gasteiger partial charge >= 0.3 is 5.97 Å². The molecule has 0 spiro atoms. The number of carboxylic acids is 1. The SMILES string of the molecule is CC1CCC(C(=O)O)CN1C(=O)CSc1ccc(O)cc1. The second-order valence-electron chi connectivity index (χ2n) is 5.29. The van der Waals surface area contributed by atoms with Gasteiger partial charge < -0.3 is 15.1 Å². The number of thioether (sulfide) groups is 1. The number of hydrogen-bond acceptors (Lipinski definition) is 4. The molecule has 0 radical (unpaired) electrons. The lowest BCUT2D eigenvalue weighted by Gasteiger charge is -2.36. The number of carboxylic acid groups (broad SMARTS) is 1. The van der Waals surface area contributed by atoms with Gasteiger partial charge in [-0.2, -0.15) is 0 Å². The van der Waals surface area contributed by atoms with Crippen molar-refractivity contribution < 1.29 is 19.8 Å². The third-order valence-electron chi connectivity index (χ3n) is 3.75. The zero-order valence-corrected chi connectivity index (χ0v) is 12.7. The fraction of sp³-hybridized carbons (Fsp3) is 0.467. The van der Waals surface area contributed by atoms with Crippen LogP contribution in [0.4, 0.5) is 0 Å². The van der Waals surface area contributed by atoms with E-state index in [1.54, 1.807) is 29.2 Å². The van der Waals surface area contributed by atoms with E-state index in [1.807, 2.05) is 6.92 Å². The number of carbonyl (C=O) groups excluding carboxylic acids is 1. The van der Waals surface area contributed by atoms with Crippen molar-refractivity contribution >= 4 is 23.6 Å². The molecule has 1 aromatic carbocycles. The third-order valence-corrected chi connectivity index (χ3v) is 4.75. The topological polar surface area (TPSA) is 77.8 Å². The van der Waals surface area contributed by atoms with Crippen molar-refractivity contribution in [2.75, 3.05) is 12.3 Å². The first-order valence-corrected chi connectivity index (χ1v) is 7.90. The molecule has 114 valence electrons. The smallest absolute Gasteiger partial charge is 0.308 e. The Morgan fingerprint density at radius 3 is 2.57 bits per heavy atom. The van der Waals surface area contributed by atoms with Crippen LogP contribution in [0.1, 0.15) is 19.8 Å². The zero-order valence-electron chi connectivity index (χ0n) is 11.9. The van der Waals surface area contributed by atoms with Gasteiger partial charge in [0.15, 0.2) is 0 Å². The number of phenolic OH excluding ortho intramolecular Hbond substituents is 1. The lowest BCUT2D eigenvalue weighted by molar-refractivity contribution is -0.146. The lowest BCUT2D eigenvalue weighted by atomic mass is 9.93. The minimum Gasteiger partial charge on any atom is -0.508 e. The van der Waals surface area contributed by atoms with Crippen LogP contribution in [-0.4, -0.2) is 45.3 Å². The molecule has 6 heteroatoms. The number of phenols is 1. The molecule has 21 heavy (non-hydrogen) atoms. The van der Waals surface area contributed by atoms with Gasteiger partial charge in [-0.15, -0.1) is 11.8 Å². The summed E-state index contributed by atoms with van der Waals surface area (Å²) >= 11 is 1.39. The maximum absolute atomic E-state index is 12.3. The number of nitrogens with zero attached hydrogens (tertiary/aromatic N) is 1. The number of amides is 1. The van der Waals surface area contributed by atoms with Gasteiger partial charge in [-0.25, -0.2) is 0 Å². The molecule has 2 unspecified atom stereocenters. The van der Waals surface area contributed by atoms with Crippen molar-refractivity contribution in [3.05, 3.63) is 24.3 Å². The number of hydrogen-bond donors (Lipinski definition) is 2. The first-order chi connectivity index (χ1) is 9.97. The molecular formula is C15H19NO4S. The van der Waals surface area contributed by atoms with Crippen LogP contribution in [-0.2, 0) is 9.59 Å². The Labute approximate surface area is 128 Å². The fourth-order valence-corrected chi connectivity index (χ4v) is 3.21. The Kier molecular flexibility index (Phi) is 5.12. The molecule has 0 saturated carbocycles. The van der Waals surface area contributed by atoms with E-state index in [2.05, 4.69) is 0 Å². The third kappa shape index (κ3) is 4.14. The number of aromatic hydroxyl groups is 1. The van der Waals surface area contributed by atoms with Crippen LogP contribution < -0.4 is 0 Å². The van der Waals surface area contributed by atoms with Crippen molar-refractivity contribution in [3.8, 4) is 5.75 Å². The van der Waals surface area contributed by atoms with Crippen molar-refractivity contribution in [1.29, 1.82) is 0 Å². The Balaban J connectivity index is 1.92. The number of rotatable bonds is 4. The van der Waals surface area contributed by atoms with Crippen molar-refractivity contribution in [2.45, 2.75) is 30.7 Å². The van der Waals surface area contributed by atoms with E-state index in [9.17, 15) is 14.7 Å². The van der Waals surface area contributed by atoms with Crippen molar-refractivity contribution in [1.82, 2.24) is 4.90 Å². The molecule has 2 atom stereocenters. The van der Waals surface area contributed by atoms with Crippen LogP contribution in [0.5, 0.6) is 5.75 Å². The first kappa shape index (κ1) is 15.7. The average Bonchev–Trinajstić information content (AvgIpc) is 2.46. The van der Waals surface area contributed by atoms with E-state index in [-0.39, 0.29) is 23.5 Å². The highest BCUT2D eigenvalue weighted by atomic mass is 32.2. The molecule has 1 saturated heterocycles. The van der Waals surface area contributed by atoms with Crippen molar-refractivity contribution in [2.24, 2.45) is 5.92 Å². The van der Waals surface area contributed by atoms with Gasteiger partial charge in [0.25, 0.3) is 0 Å². The van der Waals surface area contributed by atoms with Gasteiger partial charge in [0.2, 0.25) is 5.91 Å². The Morgan fingerprint density at radius 1 is 1.29 bits per heavy atom. The van der Waals surface area contributed by atoms with E-state index in [0.717, 1.165) is 11.3 Å². The van der Waals surface area contributed by atoms with Gasteiger partial charge in [-0.05, 0) is 44.0 Å². The van der Waals surface area contributed by atoms with Gasteiger partial charge in [0.05, 0.1) is 11.7 Å². The molecule has 1 aromatic rings. The zero-order chi connectivity index (χ0) is 15.4. The summed E-state index contributed by atoms with van der Waals surface area (Å²) < 4.78 is 0. The summed E-state index contributed by atoms with van der Waals surface area (Å²) in [6, 6.07) is 6.77. The van der Waals surface area contributed by atoms with Crippen LogP contribution in [0, 0.1) is 5.92 Å². The summed E-state index contributed by atoms with van der Waals surface area (Å²) in [6.45, 7) is 2.26. The molecule has 2 N–H and O–H groups in total. The predicted molar refractivity (Wildman–Crippen MR) is 80.4 cm³/mol. The molecule has 0 bridgehead atoms. The quantitative estimate of drug-likeness (QED) is 0.834. The van der Waals surface area contributed by atoms with Crippen LogP contribution >= 0.6 is 11.8 Å². The minimum absolute atomic E-state index is 0.0356. The second kappa shape index (κ2) is 6.85. The lowest BCUT2D eigenvalue weighted by Crippen LogP contribution is -2.48. The summed E-state index contributed by atoms with van der Waals surface area (Å²) in [5, 5.41) is 18.3. The number of carbonyl (C=O) groups is 2. The van der Waals surface area contributed by atoms with Gasteiger partial charge in [-0.3, -0.25) is 9.59 Å². The molecule has 1 amide bonds. The van der Waals surface area contributed by atoms with Crippen LogP contribution in [0.3, 0.4) is 0 Å². The van der Waals surface area contributed by atoms with Gasteiger partial charge in [0.1, 0.15) is 5.75 Å². The van der Waals surface area contributed by atoms with Crippen molar-refractivity contribution in [3.63, 3.8) is 0 Å². The Morgan fingerprint density at radius 2 is 1.95 bits per heavy atom. The second-order valence-corrected chi connectivity index (χ2v) is 6.34. The van der Waals surface area contributed by atoms with E-state index >= 15 is 0 Å². The molecule has 1 heterocycles. The normalized spacial score (nSPS) is 22.0. The number of piperidine rings is 1. The van der Waals surface area contributed by atoms with E-state index in [4.69, 9.17) is 5.11 Å².